The average molecular weight is 383 g/mol. The second kappa shape index (κ2) is 7.35. The number of hydrogen-bond acceptors (Lipinski definition) is 6. The highest BCUT2D eigenvalue weighted by Crippen LogP contribution is 2.39. The topological polar surface area (TPSA) is 59.9 Å². The van der Waals surface area contributed by atoms with E-state index in [0.29, 0.717) is 27.5 Å². The van der Waals surface area contributed by atoms with Crippen molar-refractivity contribution in [2.24, 2.45) is 0 Å². The lowest BCUT2D eigenvalue weighted by molar-refractivity contribution is 0.225. The van der Waals surface area contributed by atoms with E-state index >= 15 is 0 Å². The lowest BCUT2D eigenvalue weighted by Crippen LogP contribution is -2.17. The van der Waals surface area contributed by atoms with Crippen molar-refractivity contribution in [3.8, 4) is 17.1 Å². The molecule has 7 heteroatoms. The van der Waals surface area contributed by atoms with E-state index in [1.807, 2.05) is 48.5 Å². The molecule has 130 valence electrons. The van der Waals surface area contributed by atoms with Gasteiger partial charge in [0, 0.05) is 27.6 Å². The summed E-state index contributed by atoms with van der Waals surface area (Å²) in [6.07, 6.45) is 1.36. The summed E-state index contributed by atoms with van der Waals surface area (Å²) in [4.78, 5) is 4.55. The highest BCUT2D eigenvalue weighted by Gasteiger charge is 2.26. The van der Waals surface area contributed by atoms with Crippen LogP contribution < -0.4 is 10.1 Å². The van der Waals surface area contributed by atoms with Crippen LogP contribution in [0, 0.1) is 0 Å². The lowest BCUT2D eigenvalue weighted by Gasteiger charge is -2.19. The Morgan fingerprint density at radius 2 is 2.08 bits per heavy atom. The molecule has 1 atom stereocenters. The van der Waals surface area contributed by atoms with Crippen LogP contribution in [0.5, 0.6) is 5.88 Å². The van der Waals surface area contributed by atoms with E-state index in [1.165, 1.54) is 11.8 Å². The Morgan fingerprint density at radius 3 is 2.92 bits per heavy atom. The third-order valence-corrected chi connectivity index (χ3v) is 4.88. The SMILES string of the molecule is C=CCSc1nnc2c(n1)OC(c1cccc(Cl)c1)Nc1ccccc1-2. The normalized spacial score (nSPS) is 15.0. The third kappa shape index (κ3) is 3.38. The molecule has 2 heterocycles. The van der Waals surface area contributed by atoms with E-state index in [-0.39, 0.29) is 0 Å². The number of nitrogens with one attached hydrogen (secondary N) is 1. The van der Waals surface area contributed by atoms with Crippen LogP contribution in [0.2, 0.25) is 5.02 Å². The molecule has 0 saturated carbocycles. The van der Waals surface area contributed by atoms with Gasteiger partial charge in [0.05, 0.1) is 0 Å². The summed E-state index contributed by atoms with van der Waals surface area (Å²) in [5, 5.41) is 13.2. The van der Waals surface area contributed by atoms with Crippen LogP contribution in [0.15, 0.2) is 66.3 Å². The Bertz CT molecular complexity index is 966. The predicted octanol–water partition coefficient (Wildman–Crippen LogP) is 4.97. The zero-order valence-corrected chi connectivity index (χ0v) is 15.3. The maximum atomic E-state index is 6.18. The van der Waals surface area contributed by atoms with Gasteiger partial charge in [0.25, 0.3) is 0 Å². The van der Waals surface area contributed by atoms with Crippen LogP contribution in [0.25, 0.3) is 11.3 Å². The van der Waals surface area contributed by atoms with Crippen molar-refractivity contribution in [3.63, 3.8) is 0 Å². The van der Waals surface area contributed by atoms with Gasteiger partial charge in [-0.3, -0.25) is 0 Å². The molecule has 1 unspecified atom stereocenters. The Morgan fingerprint density at radius 1 is 1.19 bits per heavy atom. The lowest BCUT2D eigenvalue weighted by atomic mass is 10.1. The first-order valence-corrected chi connectivity index (χ1v) is 9.37. The summed E-state index contributed by atoms with van der Waals surface area (Å²) in [6.45, 7) is 3.72. The predicted molar refractivity (Wildman–Crippen MR) is 105 cm³/mol. The number of para-hydroxylation sites is 1. The quantitative estimate of drug-likeness (QED) is 0.507. The zero-order chi connectivity index (χ0) is 17.9. The Kier molecular flexibility index (Phi) is 4.77. The number of ether oxygens (including phenoxy) is 1. The van der Waals surface area contributed by atoms with Gasteiger partial charge >= 0.3 is 0 Å². The molecule has 1 aromatic heterocycles. The van der Waals surface area contributed by atoms with Crippen LogP contribution in [-0.4, -0.2) is 20.9 Å². The van der Waals surface area contributed by atoms with E-state index in [1.54, 1.807) is 6.08 Å². The Balaban J connectivity index is 1.80. The molecule has 26 heavy (non-hydrogen) atoms. The number of benzene rings is 2. The van der Waals surface area contributed by atoms with Crippen molar-refractivity contribution >= 4 is 29.1 Å². The van der Waals surface area contributed by atoms with Crippen LogP contribution in [0.3, 0.4) is 0 Å². The summed E-state index contributed by atoms with van der Waals surface area (Å²) < 4.78 is 6.18. The highest BCUT2D eigenvalue weighted by atomic mass is 35.5. The molecular formula is C19H15ClN4OS. The average Bonchev–Trinajstić information content (AvgIpc) is 2.83. The molecule has 3 aromatic rings. The van der Waals surface area contributed by atoms with Gasteiger partial charge in [-0.05, 0) is 18.2 Å². The van der Waals surface area contributed by atoms with Gasteiger partial charge in [-0.2, -0.15) is 4.98 Å². The molecule has 1 aliphatic heterocycles. The summed E-state index contributed by atoms with van der Waals surface area (Å²) >= 11 is 7.61. The molecule has 0 saturated heterocycles. The smallest absolute Gasteiger partial charge is 0.247 e. The minimum absolute atomic E-state index is 0.439. The molecular weight excluding hydrogens is 368 g/mol. The van der Waals surface area contributed by atoms with Gasteiger partial charge in [-0.1, -0.05) is 59.8 Å². The number of thioether (sulfide) groups is 1. The van der Waals surface area contributed by atoms with Crippen LogP contribution in [0.4, 0.5) is 5.69 Å². The molecule has 2 aromatic carbocycles. The van der Waals surface area contributed by atoms with Crippen molar-refractivity contribution in [1.82, 2.24) is 15.2 Å². The zero-order valence-electron chi connectivity index (χ0n) is 13.7. The van der Waals surface area contributed by atoms with Gasteiger partial charge in [0.1, 0.15) is 0 Å². The maximum absolute atomic E-state index is 6.18. The minimum Gasteiger partial charge on any atom is -0.448 e. The fourth-order valence-corrected chi connectivity index (χ4v) is 3.37. The molecule has 0 spiro atoms. The monoisotopic (exact) mass is 382 g/mol. The van der Waals surface area contributed by atoms with Crippen LogP contribution >= 0.6 is 23.4 Å². The van der Waals surface area contributed by atoms with Crippen LogP contribution in [-0.2, 0) is 0 Å². The first-order chi connectivity index (χ1) is 12.7. The number of fused-ring (bicyclic) bond motifs is 3. The summed E-state index contributed by atoms with van der Waals surface area (Å²) in [6, 6.07) is 15.4. The fraction of sp³-hybridized carbons (Fsp3) is 0.105. The minimum atomic E-state index is -0.440. The van der Waals surface area contributed by atoms with Crippen molar-refractivity contribution in [1.29, 1.82) is 0 Å². The highest BCUT2D eigenvalue weighted by molar-refractivity contribution is 7.99. The van der Waals surface area contributed by atoms with E-state index in [9.17, 15) is 0 Å². The summed E-state index contributed by atoms with van der Waals surface area (Å²) in [7, 11) is 0. The first-order valence-electron chi connectivity index (χ1n) is 8.01. The van der Waals surface area contributed by atoms with Gasteiger partial charge < -0.3 is 10.1 Å². The van der Waals surface area contributed by atoms with E-state index < -0.39 is 6.23 Å². The molecule has 1 N–H and O–H groups in total. The van der Waals surface area contributed by atoms with E-state index in [4.69, 9.17) is 16.3 Å². The molecule has 1 aliphatic rings. The number of halogens is 1. The fourth-order valence-electron chi connectivity index (χ4n) is 2.66. The molecule has 4 rings (SSSR count). The summed E-state index contributed by atoms with van der Waals surface area (Å²) in [5.74, 6) is 1.14. The number of aromatic nitrogens is 3. The number of rotatable bonds is 4. The second-order valence-corrected chi connectivity index (χ2v) is 7.01. The van der Waals surface area contributed by atoms with Gasteiger partial charge in [-0.15, -0.1) is 16.8 Å². The molecule has 0 bridgehead atoms. The number of nitrogens with zero attached hydrogens (tertiary/aromatic N) is 3. The second-order valence-electron chi connectivity index (χ2n) is 5.59. The molecule has 0 amide bonds. The van der Waals surface area contributed by atoms with Gasteiger partial charge in [0.2, 0.25) is 11.0 Å². The first kappa shape index (κ1) is 16.9. The largest absolute Gasteiger partial charge is 0.448 e. The standard InChI is InChI=1S/C19H15ClN4OS/c1-2-10-26-19-22-18-16(23-24-19)14-8-3-4-9-15(14)21-17(25-18)12-6-5-7-13(20)11-12/h2-9,11,17,21H,1,10H2. The molecule has 0 radical (unpaired) electrons. The van der Waals surface area contributed by atoms with Gasteiger partial charge in [0.15, 0.2) is 11.9 Å². The van der Waals surface area contributed by atoms with Crippen molar-refractivity contribution in [2.75, 3.05) is 11.1 Å². The Hall–Kier alpha value is -2.57. The van der Waals surface area contributed by atoms with Crippen LogP contribution in [0.1, 0.15) is 11.8 Å². The maximum Gasteiger partial charge on any atom is 0.247 e. The molecule has 5 nitrogen and oxygen atoms in total. The molecule has 0 aliphatic carbocycles. The van der Waals surface area contributed by atoms with Crippen molar-refractivity contribution in [2.45, 2.75) is 11.4 Å². The molecule has 0 fully saturated rings. The third-order valence-electron chi connectivity index (χ3n) is 3.82. The van der Waals surface area contributed by atoms with E-state index in [2.05, 4.69) is 27.1 Å². The van der Waals surface area contributed by atoms with Crippen molar-refractivity contribution in [3.05, 3.63) is 71.8 Å². The number of hydrogen-bond donors (Lipinski definition) is 1. The Labute approximate surface area is 160 Å². The van der Waals surface area contributed by atoms with Gasteiger partial charge in [-0.25, -0.2) is 0 Å². The summed E-state index contributed by atoms with van der Waals surface area (Å²) in [5.41, 5.74) is 3.31. The number of anilines is 1. The van der Waals surface area contributed by atoms with E-state index in [0.717, 1.165) is 16.8 Å². The van der Waals surface area contributed by atoms with Crippen molar-refractivity contribution < 1.29 is 4.74 Å².